The van der Waals surface area contributed by atoms with Crippen LogP contribution < -0.4 is 0 Å². The monoisotopic (exact) mass is 629 g/mol. The summed E-state index contributed by atoms with van der Waals surface area (Å²) in [6.45, 7) is 5.44. The van der Waals surface area contributed by atoms with Crippen molar-refractivity contribution in [3.8, 4) is 0 Å². The number of carbonyl (C=O) groups is 2. The number of carbonyl (C=O) groups excluding carboxylic acids is 2. The molecule has 11 nitrogen and oxygen atoms in total. The first-order chi connectivity index (χ1) is 21.6. The fourth-order valence-electron chi connectivity index (χ4n) is 12.4. The molecule has 0 aromatic heterocycles. The van der Waals surface area contributed by atoms with E-state index < -0.39 is 64.8 Å². The highest BCUT2D eigenvalue weighted by Gasteiger charge is 2.91. The molecule has 0 amide bonds. The third-order valence-electron chi connectivity index (χ3n) is 13.0. The predicted molar refractivity (Wildman–Crippen MR) is 159 cm³/mol. The first-order valence-corrected chi connectivity index (χ1v) is 16.2. The van der Waals surface area contributed by atoms with Gasteiger partial charge < -0.3 is 38.6 Å². The van der Waals surface area contributed by atoms with Crippen molar-refractivity contribution in [3.05, 3.63) is 35.9 Å². The predicted octanol–water partition coefficient (Wildman–Crippen LogP) is 1.68. The molecular formula is C34H47NO10. The zero-order valence-corrected chi connectivity index (χ0v) is 27.0. The number of nitrogens with zero attached hydrogens (tertiary/aromatic N) is 1. The van der Waals surface area contributed by atoms with Crippen molar-refractivity contribution in [3.63, 3.8) is 0 Å². The second-order valence-electron chi connectivity index (χ2n) is 14.3. The van der Waals surface area contributed by atoms with Gasteiger partial charge in [-0.1, -0.05) is 25.1 Å². The van der Waals surface area contributed by atoms with Crippen molar-refractivity contribution < 1.29 is 48.2 Å². The molecule has 2 N–H and O–H groups in total. The Morgan fingerprint density at radius 1 is 1.02 bits per heavy atom. The summed E-state index contributed by atoms with van der Waals surface area (Å²) in [5.74, 6) is -2.95. The van der Waals surface area contributed by atoms with Crippen LogP contribution in [0.25, 0.3) is 0 Å². The number of aliphatic hydroxyl groups excluding tert-OH is 1. The minimum absolute atomic E-state index is 0.101. The van der Waals surface area contributed by atoms with Gasteiger partial charge in [0.15, 0.2) is 5.60 Å². The number of ether oxygens (including phenoxy) is 6. The number of hydrogen-bond donors (Lipinski definition) is 2. The molecule has 7 bridgehead atoms. The molecule has 5 aliphatic carbocycles. The van der Waals surface area contributed by atoms with Crippen LogP contribution in [0.4, 0.5) is 0 Å². The maximum absolute atomic E-state index is 13.7. The van der Waals surface area contributed by atoms with E-state index in [9.17, 15) is 19.8 Å². The normalized spacial score (nSPS) is 49.1. The number of likely N-dealkylation sites (tertiary alicyclic amines) is 1. The van der Waals surface area contributed by atoms with Gasteiger partial charge in [0, 0.05) is 76.5 Å². The number of fused-ring (bicyclic) bond motifs is 2. The Morgan fingerprint density at radius 3 is 2.36 bits per heavy atom. The van der Waals surface area contributed by atoms with Gasteiger partial charge in [-0.05, 0) is 43.9 Å². The molecule has 6 aliphatic rings. The number of aliphatic hydroxyl groups is 2. The van der Waals surface area contributed by atoms with Crippen LogP contribution in [0.3, 0.4) is 0 Å². The smallest absolute Gasteiger partial charge is 0.338 e. The summed E-state index contributed by atoms with van der Waals surface area (Å²) in [7, 11) is 6.59. The quantitative estimate of drug-likeness (QED) is 0.387. The average molecular weight is 630 g/mol. The number of piperidine rings is 1. The molecule has 45 heavy (non-hydrogen) atoms. The van der Waals surface area contributed by atoms with Gasteiger partial charge in [-0.2, -0.15) is 0 Å². The molecule has 7 rings (SSSR count). The SMILES string of the molecule is CCN1C[C@]2(COC)CC[C@H](OC)[C@]34C5CC6(O)C(OC(=O)c7ccccc7)C5[C@@](OC(C)=O)([C@H](C13)[C@H](OC)C24)[C@@H](O)[C@@H]6OC. The number of rotatable bonds is 9. The van der Waals surface area contributed by atoms with Crippen LogP contribution in [0.15, 0.2) is 30.3 Å². The first-order valence-electron chi connectivity index (χ1n) is 16.2. The first kappa shape index (κ1) is 31.5. The molecule has 1 aromatic rings. The van der Waals surface area contributed by atoms with Crippen LogP contribution in [0.1, 0.15) is 43.5 Å². The summed E-state index contributed by atoms with van der Waals surface area (Å²) in [5, 5.41) is 25.3. The van der Waals surface area contributed by atoms with E-state index in [1.165, 1.54) is 14.0 Å². The molecular weight excluding hydrogens is 582 g/mol. The van der Waals surface area contributed by atoms with Gasteiger partial charge in [0.1, 0.15) is 23.9 Å². The van der Waals surface area contributed by atoms with Crippen LogP contribution >= 0.6 is 0 Å². The maximum Gasteiger partial charge on any atom is 0.338 e. The standard InChI is InChI=1S/C34H47NO10/c1-7-35-16-31(17-40-3)14-13-21(41-4)33-20-15-32(39)28(44-30(38)19-11-9-8-10-12-19)22(20)34(45-18(2)36,27(37)29(32)43-6)23(26(33)35)24(42-5)25(31)33/h8-12,20-29,37,39H,7,13-17H2,1-6H3/t20?,21-,22?,23-,24-,25?,26?,27-,28?,29-,31-,32?,33-,34+/m0/s1. The molecule has 1 aliphatic heterocycles. The molecule has 11 heteroatoms. The van der Waals surface area contributed by atoms with Crippen LogP contribution in [0.2, 0.25) is 0 Å². The fraction of sp³-hybridized carbons (Fsp3) is 0.765. The van der Waals surface area contributed by atoms with E-state index in [2.05, 4.69) is 11.8 Å². The van der Waals surface area contributed by atoms with Gasteiger partial charge in [0.25, 0.3) is 0 Å². The number of benzene rings is 1. The van der Waals surface area contributed by atoms with E-state index in [0.717, 1.165) is 19.4 Å². The molecule has 248 valence electrons. The summed E-state index contributed by atoms with van der Waals surface area (Å²) in [4.78, 5) is 29.4. The summed E-state index contributed by atoms with van der Waals surface area (Å²) in [6.07, 6.45) is -2.64. The van der Waals surface area contributed by atoms with Crippen molar-refractivity contribution in [2.24, 2.45) is 34.5 Å². The van der Waals surface area contributed by atoms with Gasteiger partial charge in [-0.15, -0.1) is 0 Å². The van der Waals surface area contributed by atoms with Crippen LogP contribution in [0.5, 0.6) is 0 Å². The summed E-state index contributed by atoms with van der Waals surface area (Å²) in [6, 6.07) is 8.42. The van der Waals surface area contributed by atoms with E-state index in [-0.39, 0.29) is 35.8 Å². The Labute approximate surface area is 264 Å². The Balaban J connectivity index is 1.52. The lowest BCUT2D eigenvalue weighted by Crippen LogP contribution is -2.80. The van der Waals surface area contributed by atoms with E-state index in [1.807, 2.05) is 6.07 Å². The van der Waals surface area contributed by atoms with E-state index in [0.29, 0.717) is 18.7 Å². The van der Waals surface area contributed by atoms with Crippen molar-refractivity contribution in [1.29, 1.82) is 0 Å². The van der Waals surface area contributed by atoms with Gasteiger partial charge in [0.05, 0.1) is 24.4 Å². The minimum Gasteiger partial charge on any atom is -0.455 e. The number of esters is 2. The van der Waals surface area contributed by atoms with Crippen molar-refractivity contribution >= 4 is 11.9 Å². The molecule has 6 unspecified atom stereocenters. The third kappa shape index (κ3) is 3.66. The Bertz CT molecular complexity index is 1330. The van der Waals surface area contributed by atoms with Crippen molar-refractivity contribution in [2.45, 2.75) is 80.9 Å². The van der Waals surface area contributed by atoms with Gasteiger partial charge in [-0.25, -0.2) is 4.79 Å². The zero-order valence-electron chi connectivity index (χ0n) is 27.0. The van der Waals surface area contributed by atoms with Crippen LogP contribution in [0, 0.1) is 34.5 Å². The van der Waals surface area contributed by atoms with Gasteiger partial charge in [0.2, 0.25) is 0 Å². The molecule has 1 spiro atoms. The third-order valence-corrected chi connectivity index (χ3v) is 13.0. The van der Waals surface area contributed by atoms with Crippen LogP contribution in [-0.2, 0) is 33.2 Å². The molecule has 0 radical (unpaired) electrons. The second kappa shape index (κ2) is 10.7. The summed E-state index contributed by atoms with van der Waals surface area (Å²) >= 11 is 0. The zero-order chi connectivity index (χ0) is 32.1. The van der Waals surface area contributed by atoms with Gasteiger partial charge >= 0.3 is 11.9 Å². The van der Waals surface area contributed by atoms with Gasteiger partial charge in [-0.3, -0.25) is 9.69 Å². The number of hydrogen-bond acceptors (Lipinski definition) is 11. The second-order valence-corrected chi connectivity index (χ2v) is 14.3. The molecule has 6 fully saturated rings. The Kier molecular flexibility index (Phi) is 7.48. The minimum atomic E-state index is -1.76. The molecule has 1 saturated heterocycles. The lowest BCUT2D eigenvalue weighted by Gasteiger charge is -2.69. The molecule has 1 heterocycles. The molecule has 14 atom stereocenters. The largest absolute Gasteiger partial charge is 0.455 e. The highest BCUT2D eigenvalue weighted by Crippen LogP contribution is 2.80. The van der Waals surface area contributed by atoms with Crippen molar-refractivity contribution in [1.82, 2.24) is 4.90 Å². The maximum atomic E-state index is 13.7. The number of methoxy groups -OCH3 is 4. The highest BCUT2D eigenvalue weighted by molar-refractivity contribution is 5.89. The van der Waals surface area contributed by atoms with Crippen LogP contribution in [-0.4, -0.2) is 123 Å². The lowest BCUT2D eigenvalue weighted by molar-refractivity contribution is -0.317. The van der Waals surface area contributed by atoms with E-state index >= 15 is 0 Å². The summed E-state index contributed by atoms with van der Waals surface area (Å²) in [5.41, 5.74) is -3.92. The highest BCUT2D eigenvalue weighted by atomic mass is 16.6. The fourth-order valence-corrected chi connectivity index (χ4v) is 12.4. The molecule has 5 saturated carbocycles. The average Bonchev–Trinajstić information content (AvgIpc) is 3.40. The Hall–Kier alpha value is -2.12. The van der Waals surface area contributed by atoms with E-state index in [4.69, 9.17) is 28.4 Å². The topological polar surface area (TPSA) is 133 Å². The van der Waals surface area contributed by atoms with E-state index in [1.54, 1.807) is 45.6 Å². The molecule has 1 aromatic carbocycles. The summed E-state index contributed by atoms with van der Waals surface area (Å²) < 4.78 is 37.7. The Morgan fingerprint density at radius 2 is 1.76 bits per heavy atom. The van der Waals surface area contributed by atoms with Crippen molar-refractivity contribution in [2.75, 3.05) is 48.1 Å². The lowest BCUT2D eigenvalue weighted by atomic mass is 9.43.